The Labute approximate surface area is 215 Å². The summed E-state index contributed by atoms with van der Waals surface area (Å²) in [5, 5.41) is 4.66. The van der Waals surface area contributed by atoms with E-state index in [-0.39, 0.29) is 11.4 Å². The molecule has 0 radical (unpaired) electrons. The number of hydrogen-bond donors (Lipinski definition) is 1. The van der Waals surface area contributed by atoms with Gasteiger partial charge in [0.15, 0.2) is 5.16 Å². The highest BCUT2D eigenvalue weighted by Gasteiger charge is 2.52. The van der Waals surface area contributed by atoms with Gasteiger partial charge in [-0.25, -0.2) is 4.98 Å². The molecule has 0 spiro atoms. The first-order valence-corrected chi connectivity index (χ1v) is 13.8. The van der Waals surface area contributed by atoms with Crippen LogP contribution in [-0.2, 0) is 10.3 Å². The van der Waals surface area contributed by atoms with E-state index in [1.165, 1.54) is 50.3 Å². The normalized spacial score (nSPS) is 26.6. The molecule has 0 unspecified atom stereocenters. The van der Waals surface area contributed by atoms with Crippen molar-refractivity contribution >= 4 is 35.0 Å². The highest BCUT2D eigenvalue weighted by molar-refractivity contribution is 7.99. The summed E-state index contributed by atoms with van der Waals surface area (Å²) in [6.45, 7) is 0. The molecular weight excluding hydrogens is 478 g/mol. The molecule has 4 aliphatic rings. The van der Waals surface area contributed by atoms with Gasteiger partial charge in [-0.2, -0.15) is 0 Å². The van der Waals surface area contributed by atoms with Gasteiger partial charge in [-0.15, -0.1) is 0 Å². The third-order valence-electron chi connectivity index (χ3n) is 8.04. The lowest BCUT2D eigenvalue weighted by Crippen LogP contribution is -2.51. The summed E-state index contributed by atoms with van der Waals surface area (Å²) in [5.41, 5.74) is 2.92. The number of anilines is 1. The highest BCUT2D eigenvalue weighted by Crippen LogP contribution is 2.59. The number of carbonyl (C=O) groups excluding carboxylic acids is 1. The van der Waals surface area contributed by atoms with Crippen LogP contribution >= 0.6 is 23.4 Å². The number of benzene rings is 2. The summed E-state index contributed by atoms with van der Waals surface area (Å²) in [7, 11) is 1.63. The maximum absolute atomic E-state index is 12.8. The Kier molecular flexibility index (Phi) is 6.05. The molecule has 0 saturated heterocycles. The summed E-state index contributed by atoms with van der Waals surface area (Å²) in [4.78, 5) is 17.9. The molecule has 1 aromatic heterocycles. The SMILES string of the molecule is COc1ccc(NC(=O)CSc2nc(-c3ccc(Cl)cc3)cn2C23CC4CC(CC(C4)C2)C3)cc1. The Bertz CT molecular complexity index is 1190. The zero-order chi connectivity index (χ0) is 24.0. The lowest BCUT2D eigenvalue weighted by molar-refractivity contribution is -0.113. The largest absolute Gasteiger partial charge is 0.497 e. The van der Waals surface area contributed by atoms with Crippen molar-refractivity contribution in [3.8, 4) is 17.0 Å². The summed E-state index contributed by atoms with van der Waals surface area (Å²) in [6.07, 6.45) is 10.1. The first kappa shape index (κ1) is 23.0. The third kappa shape index (κ3) is 4.58. The molecule has 35 heavy (non-hydrogen) atoms. The predicted molar refractivity (Wildman–Crippen MR) is 141 cm³/mol. The molecule has 4 aliphatic carbocycles. The molecule has 5 nitrogen and oxygen atoms in total. The summed E-state index contributed by atoms with van der Waals surface area (Å²) in [5.74, 6) is 3.55. The van der Waals surface area contributed by atoms with Crippen molar-refractivity contribution in [2.75, 3.05) is 18.2 Å². The van der Waals surface area contributed by atoms with Gasteiger partial charge in [-0.05, 0) is 92.7 Å². The Morgan fingerprint density at radius 3 is 2.29 bits per heavy atom. The van der Waals surface area contributed by atoms with Crippen LogP contribution < -0.4 is 10.1 Å². The third-order valence-corrected chi connectivity index (χ3v) is 9.24. The minimum absolute atomic E-state index is 0.0340. The molecule has 1 amide bonds. The molecule has 1 N–H and O–H groups in total. The molecule has 7 rings (SSSR count). The van der Waals surface area contributed by atoms with Gasteiger partial charge in [-0.3, -0.25) is 4.79 Å². The van der Waals surface area contributed by atoms with Crippen molar-refractivity contribution in [1.29, 1.82) is 0 Å². The van der Waals surface area contributed by atoms with Gasteiger partial charge in [-0.1, -0.05) is 35.5 Å². The van der Waals surface area contributed by atoms with Gasteiger partial charge in [0.25, 0.3) is 0 Å². The molecule has 4 bridgehead atoms. The van der Waals surface area contributed by atoms with E-state index in [4.69, 9.17) is 21.3 Å². The maximum Gasteiger partial charge on any atom is 0.234 e. The van der Waals surface area contributed by atoms with Crippen molar-refractivity contribution < 1.29 is 9.53 Å². The van der Waals surface area contributed by atoms with Crippen LogP contribution in [0.5, 0.6) is 5.75 Å². The van der Waals surface area contributed by atoms with Crippen molar-refractivity contribution in [2.24, 2.45) is 17.8 Å². The number of nitrogens with zero attached hydrogens (tertiary/aromatic N) is 2. The minimum Gasteiger partial charge on any atom is -0.497 e. The Hall–Kier alpha value is -2.44. The number of amides is 1. The van der Waals surface area contributed by atoms with E-state index in [0.29, 0.717) is 5.75 Å². The van der Waals surface area contributed by atoms with Crippen molar-refractivity contribution in [2.45, 2.75) is 49.2 Å². The lowest BCUT2D eigenvalue weighted by Gasteiger charge is -2.57. The summed E-state index contributed by atoms with van der Waals surface area (Å²) < 4.78 is 7.65. The number of carbonyl (C=O) groups is 1. The lowest BCUT2D eigenvalue weighted by atomic mass is 9.53. The highest BCUT2D eigenvalue weighted by atomic mass is 35.5. The molecule has 0 atom stereocenters. The maximum atomic E-state index is 12.8. The second kappa shape index (κ2) is 9.21. The Balaban J connectivity index is 1.26. The quantitative estimate of drug-likeness (QED) is 0.354. The molecule has 0 aliphatic heterocycles. The summed E-state index contributed by atoms with van der Waals surface area (Å²) >= 11 is 7.67. The van der Waals surface area contributed by atoms with Crippen LogP contribution in [0.25, 0.3) is 11.3 Å². The fourth-order valence-corrected chi connectivity index (χ4v) is 7.93. The predicted octanol–water partition coefficient (Wildman–Crippen LogP) is 6.87. The number of thioether (sulfide) groups is 1. The van der Waals surface area contributed by atoms with Crippen LogP contribution in [0.15, 0.2) is 59.9 Å². The van der Waals surface area contributed by atoms with Crippen LogP contribution in [0, 0.1) is 17.8 Å². The number of rotatable bonds is 7. The number of imidazole rings is 1. The van der Waals surface area contributed by atoms with E-state index >= 15 is 0 Å². The molecule has 4 fully saturated rings. The van der Waals surface area contributed by atoms with Gasteiger partial charge in [0.05, 0.1) is 18.6 Å². The van der Waals surface area contributed by atoms with Crippen LogP contribution in [0.4, 0.5) is 5.69 Å². The number of hydrogen-bond acceptors (Lipinski definition) is 4. The number of methoxy groups -OCH3 is 1. The first-order chi connectivity index (χ1) is 17.0. The average Bonchev–Trinajstić information content (AvgIpc) is 3.28. The van der Waals surface area contributed by atoms with Gasteiger partial charge in [0, 0.05) is 28.0 Å². The number of ether oxygens (including phenoxy) is 1. The minimum atomic E-state index is -0.0340. The first-order valence-electron chi connectivity index (χ1n) is 12.4. The monoisotopic (exact) mass is 507 g/mol. The van der Waals surface area contributed by atoms with Gasteiger partial charge in [0.2, 0.25) is 5.91 Å². The fourth-order valence-electron chi connectivity index (χ4n) is 6.93. The number of nitrogens with one attached hydrogen (secondary N) is 1. The Morgan fingerprint density at radius 1 is 1.06 bits per heavy atom. The molecule has 2 aromatic carbocycles. The molecule has 3 aromatic rings. The molecule has 7 heteroatoms. The second-order valence-electron chi connectivity index (χ2n) is 10.5. The van der Waals surface area contributed by atoms with Crippen molar-refractivity contribution in [3.05, 3.63) is 59.8 Å². The van der Waals surface area contributed by atoms with Crippen LogP contribution in [0.1, 0.15) is 38.5 Å². The summed E-state index contributed by atoms with van der Waals surface area (Å²) in [6, 6.07) is 15.3. The second-order valence-corrected chi connectivity index (χ2v) is 11.9. The van der Waals surface area contributed by atoms with Gasteiger partial charge in [0.1, 0.15) is 5.75 Å². The molecular formula is C28H30ClN3O2S. The zero-order valence-electron chi connectivity index (χ0n) is 19.9. The van der Waals surface area contributed by atoms with E-state index in [0.717, 1.165) is 50.6 Å². The molecule has 1 heterocycles. The van der Waals surface area contributed by atoms with Gasteiger partial charge < -0.3 is 14.6 Å². The standard InChI is InChI=1S/C28H30ClN3O2S/c1-34-24-8-6-23(7-9-24)30-26(33)17-35-27-31-25(21-2-4-22(29)5-3-21)16-32(27)28-13-18-10-19(14-28)12-20(11-18)15-28/h2-9,16,18-20H,10-15,17H2,1H3,(H,30,33). The van der Waals surface area contributed by atoms with E-state index in [2.05, 4.69) is 16.1 Å². The molecule has 182 valence electrons. The zero-order valence-corrected chi connectivity index (χ0v) is 21.4. The van der Waals surface area contributed by atoms with Crippen LogP contribution in [0.2, 0.25) is 5.02 Å². The van der Waals surface area contributed by atoms with Gasteiger partial charge >= 0.3 is 0 Å². The van der Waals surface area contributed by atoms with E-state index in [1.54, 1.807) is 7.11 Å². The van der Waals surface area contributed by atoms with E-state index in [1.807, 2.05) is 48.5 Å². The van der Waals surface area contributed by atoms with Crippen molar-refractivity contribution in [1.82, 2.24) is 9.55 Å². The fraction of sp³-hybridized carbons (Fsp3) is 0.429. The van der Waals surface area contributed by atoms with Crippen molar-refractivity contribution in [3.63, 3.8) is 0 Å². The Morgan fingerprint density at radius 2 is 1.69 bits per heavy atom. The topological polar surface area (TPSA) is 56.1 Å². The number of aromatic nitrogens is 2. The van der Waals surface area contributed by atoms with E-state index in [9.17, 15) is 4.79 Å². The molecule has 4 saturated carbocycles. The average molecular weight is 508 g/mol. The van der Waals surface area contributed by atoms with Crippen LogP contribution in [-0.4, -0.2) is 28.3 Å². The van der Waals surface area contributed by atoms with Crippen LogP contribution in [0.3, 0.4) is 0 Å². The smallest absolute Gasteiger partial charge is 0.234 e. The number of halogens is 1. The van der Waals surface area contributed by atoms with E-state index < -0.39 is 0 Å².